The van der Waals surface area contributed by atoms with Crippen molar-refractivity contribution in [3.8, 4) is 5.69 Å². The summed E-state index contributed by atoms with van der Waals surface area (Å²) >= 11 is 5.74. The molecule has 0 bridgehead atoms. The Morgan fingerprint density at radius 3 is 2.61 bits per heavy atom. The van der Waals surface area contributed by atoms with Gasteiger partial charge in [-0.05, 0) is 80.9 Å². The second kappa shape index (κ2) is 10.5. The van der Waals surface area contributed by atoms with Gasteiger partial charge in [-0.15, -0.1) is 0 Å². The quantitative estimate of drug-likeness (QED) is 0.342. The van der Waals surface area contributed by atoms with Gasteiger partial charge >= 0.3 is 11.9 Å². The van der Waals surface area contributed by atoms with Gasteiger partial charge in [0.1, 0.15) is 0 Å². The van der Waals surface area contributed by atoms with Crippen molar-refractivity contribution in [2.45, 2.75) is 45.7 Å². The fraction of sp³-hybridized carbons (Fsp3) is 0.333. The van der Waals surface area contributed by atoms with E-state index < -0.39 is 5.97 Å². The van der Waals surface area contributed by atoms with Crippen molar-refractivity contribution in [3.05, 3.63) is 82.4 Å². The second-order valence-corrected chi connectivity index (χ2v) is 9.35. The van der Waals surface area contributed by atoms with Gasteiger partial charge in [-0.1, -0.05) is 12.1 Å². The second-order valence-electron chi connectivity index (χ2n) is 8.97. The number of aromatic carboxylic acids is 1. The van der Waals surface area contributed by atoms with Crippen molar-refractivity contribution in [1.82, 2.24) is 19.8 Å². The number of carboxylic acids is 1. The highest BCUT2D eigenvalue weighted by Gasteiger charge is 2.41. The number of carbonyl (C=O) groups excluding carboxylic acids is 1. The van der Waals surface area contributed by atoms with E-state index in [9.17, 15) is 14.7 Å². The largest absolute Gasteiger partial charge is 0.478 e. The minimum atomic E-state index is -0.962. The lowest BCUT2D eigenvalue weighted by molar-refractivity contribution is -0.140. The lowest BCUT2D eigenvalue weighted by Crippen LogP contribution is -2.31. The Hall–Kier alpha value is -3.72. The molecule has 9 heteroatoms. The number of carboxylic acid groups (broad SMARTS) is 1. The summed E-state index contributed by atoms with van der Waals surface area (Å²) in [6.07, 6.45) is 2.66. The standard InChI is InChI=1S/C27H30N4O4S/c1-16-10-11-19(26(33)34)15-22(16)31-17(2)14-20(18(31)3)25-24(21-8-5-6-12-28-21)29-27(36)30(25)13-7-9-23(32)35-4/h5-6,8,10-12,14-15,24-25H,7,9,13H2,1-4H3,(H,29,36)(H,33,34). The number of carbonyl (C=O) groups is 2. The molecule has 1 saturated heterocycles. The zero-order valence-corrected chi connectivity index (χ0v) is 21.6. The van der Waals surface area contributed by atoms with E-state index in [4.69, 9.17) is 17.0 Å². The summed E-state index contributed by atoms with van der Waals surface area (Å²) in [5.41, 5.74) is 5.96. The lowest BCUT2D eigenvalue weighted by Gasteiger charge is -2.28. The summed E-state index contributed by atoms with van der Waals surface area (Å²) in [4.78, 5) is 30.1. The first kappa shape index (κ1) is 25.4. The summed E-state index contributed by atoms with van der Waals surface area (Å²) in [6.45, 7) is 6.61. The first-order valence-electron chi connectivity index (χ1n) is 11.8. The maximum atomic E-state index is 11.7. The molecule has 36 heavy (non-hydrogen) atoms. The number of ether oxygens (including phenoxy) is 1. The number of methoxy groups -OCH3 is 1. The van der Waals surface area contributed by atoms with Gasteiger partial charge in [-0.3, -0.25) is 9.78 Å². The fourth-order valence-corrected chi connectivity index (χ4v) is 5.25. The van der Waals surface area contributed by atoms with Crippen LogP contribution in [-0.4, -0.2) is 50.3 Å². The van der Waals surface area contributed by atoms with Crippen LogP contribution in [-0.2, 0) is 9.53 Å². The molecule has 8 nitrogen and oxygen atoms in total. The molecule has 0 radical (unpaired) electrons. The first-order chi connectivity index (χ1) is 17.2. The molecule has 188 valence electrons. The number of rotatable bonds is 8. The zero-order chi connectivity index (χ0) is 26.0. The van der Waals surface area contributed by atoms with E-state index in [1.807, 2.05) is 45.0 Å². The zero-order valence-electron chi connectivity index (χ0n) is 20.8. The Bertz CT molecular complexity index is 1300. The fourth-order valence-electron chi connectivity index (χ4n) is 4.92. The van der Waals surface area contributed by atoms with Crippen molar-refractivity contribution >= 4 is 29.3 Å². The molecule has 2 unspecified atom stereocenters. The molecule has 1 aliphatic rings. The van der Waals surface area contributed by atoms with Gasteiger partial charge in [0.2, 0.25) is 0 Å². The number of thiocarbonyl (C=S) groups is 1. The minimum absolute atomic E-state index is 0.159. The SMILES string of the molecule is COC(=O)CCCN1C(=S)NC(c2ccccn2)C1c1cc(C)n(-c2cc(C(=O)O)ccc2C)c1C. The van der Waals surface area contributed by atoms with Crippen LogP contribution in [0.25, 0.3) is 5.69 Å². The van der Waals surface area contributed by atoms with Crippen molar-refractivity contribution in [1.29, 1.82) is 0 Å². The molecule has 2 atom stereocenters. The van der Waals surface area contributed by atoms with E-state index in [1.54, 1.807) is 18.3 Å². The Morgan fingerprint density at radius 2 is 1.94 bits per heavy atom. The van der Waals surface area contributed by atoms with Gasteiger partial charge < -0.3 is 24.6 Å². The van der Waals surface area contributed by atoms with E-state index in [2.05, 4.69) is 25.8 Å². The van der Waals surface area contributed by atoms with Crippen LogP contribution < -0.4 is 5.32 Å². The monoisotopic (exact) mass is 506 g/mol. The molecule has 2 aromatic heterocycles. The summed E-state index contributed by atoms with van der Waals surface area (Å²) in [5.74, 6) is -1.21. The van der Waals surface area contributed by atoms with Gasteiger partial charge in [0, 0.05) is 36.2 Å². The minimum Gasteiger partial charge on any atom is -0.478 e. The Morgan fingerprint density at radius 1 is 1.17 bits per heavy atom. The lowest BCUT2D eigenvalue weighted by atomic mass is 9.96. The number of nitrogens with zero attached hydrogens (tertiary/aromatic N) is 3. The van der Waals surface area contributed by atoms with E-state index in [0.29, 0.717) is 24.5 Å². The summed E-state index contributed by atoms with van der Waals surface area (Å²) in [5, 5.41) is 13.6. The topological polar surface area (TPSA) is 96.7 Å². The van der Waals surface area contributed by atoms with Crippen molar-refractivity contribution in [3.63, 3.8) is 0 Å². The number of pyridine rings is 1. The molecular weight excluding hydrogens is 476 g/mol. The highest BCUT2D eigenvalue weighted by atomic mass is 32.1. The maximum Gasteiger partial charge on any atom is 0.335 e. The average Bonchev–Trinajstić information content (AvgIpc) is 3.34. The van der Waals surface area contributed by atoms with E-state index in [-0.39, 0.29) is 23.6 Å². The van der Waals surface area contributed by atoms with Crippen LogP contribution in [0.1, 0.15) is 63.5 Å². The summed E-state index contributed by atoms with van der Waals surface area (Å²) in [7, 11) is 1.39. The van der Waals surface area contributed by atoms with Crippen LogP contribution in [0.3, 0.4) is 0 Å². The molecule has 0 spiro atoms. The predicted molar refractivity (Wildman–Crippen MR) is 140 cm³/mol. The molecule has 3 aromatic rings. The van der Waals surface area contributed by atoms with Crippen LogP contribution in [0, 0.1) is 20.8 Å². The maximum absolute atomic E-state index is 11.7. The van der Waals surface area contributed by atoms with Crippen molar-refractivity contribution in [2.75, 3.05) is 13.7 Å². The number of hydrogen-bond donors (Lipinski definition) is 2. The smallest absolute Gasteiger partial charge is 0.335 e. The molecule has 4 rings (SSSR count). The van der Waals surface area contributed by atoms with E-state index in [1.165, 1.54) is 7.11 Å². The molecule has 0 amide bonds. The highest BCUT2D eigenvalue weighted by molar-refractivity contribution is 7.80. The normalized spacial score (nSPS) is 17.2. The number of nitrogens with one attached hydrogen (secondary N) is 1. The molecule has 0 aliphatic carbocycles. The van der Waals surface area contributed by atoms with Crippen molar-refractivity contribution in [2.24, 2.45) is 0 Å². The molecule has 1 aromatic carbocycles. The third-order valence-electron chi connectivity index (χ3n) is 6.69. The Balaban J connectivity index is 1.79. The molecule has 3 heterocycles. The third-order valence-corrected chi connectivity index (χ3v) is 7.04. The molecule has 2 N–H and O–H groups in total. The van der Waals surface area contributed by atoms with Crippen molar-refractivity contribution < 1.29 is 19.4 Å². The number of aromatic nitrogens is 2. The third kappa shape index (κ3) is 4.83. The van der Waals surface area contributed by atoms with Crippen LogP contribution in [0.5, 0.6) is 0 Å². The first-order valence-corrected chi connectivity index (χ1v) is 12.2. The van der Waals surface area contributed by atoms with E-state index in [0.717, 1.165) is 33.9 Å². The van der Waals surface area contributed by atoms with Gasteiger partial charge in [0.05, 0.1) is 30.5 Å². The molecule has 1 fully saturated rings. The number of esters is 1. The predicted octanol–water partition coefficient (Wildman–Crippen LogP) is 4.42. The Labute approximate surface area is 215 Å². The van der Waals surface area contributed by atoms with Gasteiger partial charge in [0.25, 0.3) is 0 Å². The van der Waals surface area contributed by atoms with Crippen LogP contribution >= 0.6 is 12.2 Å². The summed E-state index contributed by atoms with van der Waals surface area (Å²) < 4.78 is 6.91. The molecule has 0 saturated carbocycles. The van der Waals surface area contributed by atoms with Gasteiger partial charge in [-0.25, -0.2) is 4.79 Å². The van der Waals surface area contributed by atoms with Crippen LogP contribution in [0.15, 0.2) is 48.7 Å². The summed E-state index contributed by atoms with van der Waals surface area (Å²) in [6, 6.07) is 12.8. The average molecular weight is 507 g/mol. The number of benzene rings is 1. The van der Waals surface area contributed by atoms with Gasteiger partial charge in [-0.2, -0.15) is 0 Å². The number of aryl methyl sites for hydroxylation is 2. The van der Waals surface area contributed by atoms with Gasteiger partial charge in [0.15, 0.2) is 5.11 Å². The van der Waals surface area contributed by atoms with Crippen LogP contribution in [0.4, 0.5) is 0 Å². The molecule has 1 aliphatic heterocycles. The molecular formula is C27H30N4O4S. The van der Waals surface area contributed by atoms with E-state index >= 15 is 0 Å². The Kier molecular flexibility index (Phi) is 7.40. The highest BCUT2D eigenvalue weighted by Crippen LogP contribution is 2.41. The number of hydrogen-bond acceptors (Lipinski definition) is 5. The van der Waals surface area contributed by atoms with Crippen LogP contribution in [0.2, 0.25) is 0 Å².